The van der Waals surface area contributed by atoms with Crippen LogP contribution in [0.3, 0.4) is 0 Å². The van der Waals surface area contributed by atoms with Crippen molar-refractivity contribution in [1.29, 1.82) is 0 Å². The molecule has 1 saturated carbocycles. The lowest BCUT2D eigenvalue weighted by atomic mass is 9.62. The van der Waals surface area contributed by atoms with Crippen molar-refractivity contribution in [2.45, 2.75) is 52.5 Å². The first-order valence-corrected chi connectivity index (χ1v) is 10.8. The van der Waals surface area contributed by atoms with Crippen LogP contribution in [0, 0.1) is 25.2 Å². The summed E-state index contributed by atoms with van der Waals surface area (Å²) in [7, 11) is 1.93. The molecule has 1 N–H and O–H groups in total. The molecule has 1 unspecified atom stereocenters. The van der Waals surface area contributed by atoms with Gasteiger partial charge in [-0.05, 0) is 50.3 Å². The van der Waals surface area contributed by atoms with Gasteiger partial charge in [-0.15, -0.1) is 0 Å². The van der Waals surface area contributed by atoms with E-state index in [1.807, 2.05) is 42.6 Å². The highest BCUT2D eigenvalue weighted by molar-refractivity contribution is 5.83. The summed E-state index contributed by atoms with van der Waals surface area (Å²) < 4.78 is 1.87. The number of nitrogens with zero attached hydrogens (tertiary/aromatic N) is 4. The van der Waals surface area contributed by atoms with E-state index < -0.39 is 0 Å². The number of carbonyl (C=O) groups is 2. The van der Waals surface area contributed by atoms with Crippen LogP contribution >= 0.6 is 0 Å². The molecule has 0 aromatic carbocycles. The molecule has 2 aromatic heterocycles. The molecular formula is C23H31N5O2. The maximum Gasteiger partial charge on any atom is 0.225 e. The van der Waals surface area contributed by atoms with Gasteiger partial charge >= 0.3 is 0 Å². The predicted molar refractivity (Wildman–Crippen MR) is 113 cm³/mol. The molecule has 3 heterocycles. The summed E-state index contributed by atoms with van der Waals surface area (Å²) in [6, 6.07) is 3.83. The fourth-order valence-corrected chi connectivity index (χ4v) is 5.04. The number of likely N-dealkylation sites (tertiary alicyclic amines) is 1. The highest BCUT2D eigenvalue weighted by Crippen LogP contribution is 2.51. The number of amides is 2. The lowest BCUT2D eigenvalue weighted by Crippen LogP contribution is -2.45. The van der Waals surface area contributed by atoms with E-state index in [0.29, 0.717) is 32.5 Å². The van der Waals surface area contributed by atoms with Crippen molar-refractivity contribution in [1.82, 2.24) is 25.0 Å². The van der Waals surface area contributed by atoms with E-state index in [0.717, 1.165) is 41.8 Å². The van der Waals surface area contributed by atoms with Gasteiger partial charge in [0.1, 0.15) is 0 Å². The van der Waals surface area contributed by atoms with Gasteiger partial charge in [0.2, 0.25) is 11.8 Å². The zero-order chi connectivity index (χ0) is 21.3. The second kappa shape index (κ2) is 8.20. The van der Waals surface area contributed by atoms with Gasteiger partial charge in [-0.2, -0.15) is 5.10 Å². The van der Waals surface area contributed by atoms with E-state index in [9.17, 15) is 9.59 Å². The van der Waals surface area contributed by atoms with Crippen LogP contribution in [-0.2, 0) is 29.6 Å². The van der Waals surface area contributed by atoms with Crippen LogP contribution in [0.2, 0.25) is 0 Å². The van der Waals surface area contributed by atoms with E-state index in [4.69, 9.17) is 0 Å². The second-order valence-electron chi connectivity index (χ2n) is 8.89. The summed E-state index contributed by atoms with van der Waals surface area (Å²) >= 11 is 0. The van der Waals surface area contributed by atoms with Gasteiger partial charge in [-0.3, -0.25) is 19.3 Å². The summed E-state index contributed by atoms with van der Waals surface area (Å²) in [5.41, 5.74) is 4.22. The van der Waals surface area contributed by atoms with E-state index in [2.05, 4.69) is 15.4 Å². The number of rotatable bonds is 6. The molecular weight excluding hydrogens is 378 g/mol. The highest BCUT2D eigenvalue weighted by Gasteiger charge is 2.54. The van der Waals surface area contributed by atoms with Gasteiger partial charge in [0.25, 0.3) is 0 Å². The van der Waals surface area contributed by atoms with Crippen LogP contribution in [0.25, 0.3) is 0 Å². The minimum atomic E-state index is -0.117. The number of nitrogens with one attached hydrogen (secondary N) is 1. The Kier molecular flexibility index (Phi) is 5.62. The largest absolute Gasteiger partial charge is 0.352 e. The topological polar surface area (TPSA) is 80.1 Å². The Morgan fingerprint density at radius 1 is 1.30 bits per heavy atom. The third kappa shape index (κ3) is 3.85. The zero-order valence-corrected chi connectivity index (χ0v) is 18.1. The molecule has 2 fully saturated rings. The Balaban J connectivity index is 1.37. The minimum Gasteiger partial charge on any atom is -0.352 e. The smallest absolute Gasteiger partial charge is 0.225 e. The summed E-state index contributed by atoms with van der Waals surface area (Å²) in [5, 5.41) is 7.52. The van der Waals surface area contributed by atoms with Crippen molar-refractivity contribution in [2.75, 3.05) is 13.1 Å². The molecule has 1 saturated heterocycles. The van der Waals surface area contributed by atoms with E-state index in [-0.39, 0.29) is 23.1 Å². The van der Waals surface area contributed by atoms with Crippen LogP contribution in [0.15, 0.2) is 24.5 Å². The van der Waals surface area contributed by atoms with Crippen LogP contribution < -0.4 is 5.32 Å². The Bertz CT molecular complexity index is 933. The Morgan fingerprint density at radius 2 is 2.10 bits per heavy atom. The first kappa shape index (κ1) is 20.6. The SMILES string of the molecule is Cc1nn(C)c(C)c1CCC(=O)N1CC(C(=O)NCc2cccnc2)C2(CCC2)C1. The molecule has 1 spiro atoms. The van der Waals surface area contributed by atoms with Crippen LogP contribution in [-0.4, -0.2) is 44.6 Å². The average molecular weight is 410 g/mol. The van der Waals surface area contributed by atoms with Gasteiger partial charge in [-0.25, -0.2) is 0 Å². The van der Waals surface area contributed by atoms with Crippen molar-refractivity contribution in [3.63, 3.8) is 0 Å². The molecule has 2 amide bonds. The van der Waals surface area contributed by atoms with Crippen LogP contribution in [0.4, 0.5) is 0 Å². The van der Waals surface area contributed by atoms with Crippen molar-refractivity contribution in [3.05, 3.63) is 47.0 Å². The molecule has 1 aliphatic carbocycles. The fourth-order valence-electron chi connectivity index (χ4n) is 5.04. The van der Waals surface area contributed by atoms with Crippen molar-refractivity contribution < 1.29 is 9.59 Å². The standard InChI is InChI=1S/C23H31N5O2/c1-16-19(17(2)27(3)26-16)7-8-21(29)28-14-20(23(15-28)9-5-10-23)22(30)25-13-18-6-4-11-24-12-18/h4,6,11-12,20H,5,7-10,13-15H2,1-3H3,(H,25,30). The third-order valence-electron chi connectivity index (χ3n) is 7.10. The molecule has 2 aromatic rings. The summed E-state index contributed by atoms with van der Waals surface area (Å²) in [4.78, 5) is 32.0. The Labute approximate surface area is 177 Å². The van der Waals surface area contributed by atoms with Gasteiger partial charge in [0.05, 0.1) is 11.6 Å². The number of carbonyl (C=O) groups excluding carboxylic acids is 2. The minimum absolute atomic E-state index is 0.0329. The third-order valence-corrected chi connectivity index (χ3v) is 7.10. The van der Waals surface area contributed by atoms with Crippen molar-refractivity contribution in [2.24, 2.45) is 18.4 Å². The first-order chi connectivity index (χ1) is 14.4. The average Bonchev–Trinajstić information content (AvgIpc) is 3.24. The summed E-state index contributed by atoms with van der Waals surface area (Å²) in [5.74, 6) is 0.0908. The number of hydrogen-bond donors (Lipinski definition) is 1. The van der Waals surface area contributed by atoms with Crippen molar-refractivity contribution in [3.8, 4) is 0 Å². The Hall–Kier alpha value is -2.70. The molecule has 0 bridgehead atoms. The van der Waals surface area contributed by atoms with Crippen LogP contribution in [0.5, 0.6) is 0 Å². The maximum atomic E-state index is 13.0. The summed E-state index contributed by atoms with van der Waals surface area (Å²) in [6.45, 7) is 5.76. The molecule has 1 aliphatic heterocycles. The first-order valence-electron chi connectivity index (χ1n) is 10.8. The highest BCUT2D eigenvalue weighted by atomic mass is 16.2. The lowest BCUT2D eigenvalue weighted by Gasteiger charge is -2.41. The molecule has 7 heteroatoms. The summed E-state index contributed by atoms with van der Waals surface area (Å²) in [6.07, 6.45) is 7.86. The molecule has 7 nitrogen and oxygen atoms in total. The number of aromatic nitrogens is 3. The van der Waals surface area contributed by atoms with Gasteiger partial charge in [0.15, 0.2) is 0 Å². The molecule has 0 radical (unpaired) electrons. The van der Waals surface area contributed by atoms with Gasteiger partial charge in [0, 0.05) is 56.6 Å². The molecule has 2 aliphatic rings. The Morgan fingerprint density at radius 3 is 2.70 bits per heavy atom. The number of aryl methyl sites for hydroxylation is 2. The van der Waals surface area contributed by atoms with E-state index in [1.54, 1.807) is 12.4 Å². The van der Waals surface area contributed by atoms with Gasteiger partial charge < -0.3 is 10.2 Å². The molecule has 1 atom stereocenters. The predicted octanol–water partition coefficient (Wildman–Crippen LogP) is 2.31. The second-order valence-corrected chi connectivity index (χ2v) is 8.89. The maximum absolute atomic E-state index is 13.0. The van der Waals surface area contributed by atoms with Crippen LogP contribution in [0.1, 0.15) is 48.2 Å². The monoisotopic (exact) mass is 409 g/mol. The number of pyridine rings is 1. The fraction of sp³-hybridized carbons (Fsp3) is 0.565. The van der Waals surface area contributed by atoms with E-state index in [1.165, 1.54) is 0 Å². The molecule has 30 heavy (non-hydrogen) atoms. The van der Waals surface area contributed by atoms with Crippen molar-refractivity contribution >= 4 is 11.8 Å². The van der Waals surface area contributed by atoms with Gasteiger partial charge in [-0.1, -0.05) is 12.5 Å². The van der Waals surface area contributed by atoms with E-state index >= 15 is 0 Å². The normalized spacial score (nSPS) is 19.7. The molecule has 160 valence electrons. The number of hydrogen-bond acceptors (Lipinski definition) is 4. The lowest BCUT2D eigenvalue weighted by molar-refractivity contribution is -0.130. The molecule has 4 rings (SSSR count). The quantitative estimate of drug-likeness (QED) is 0.794. The zero-order valence-electron chi connectivity index (χ0n) is 18.1.